The molecule has 0 spiro atoms. The lowest BCUT2D eigenvalue weighted by atomic mass is 10.1. The van der Waals surface area contributed by atoms with Gasteiger partial charge in [-0.25, -0.2) is 0 Å². The van der Waals surface area contributed by atoms with Gasteiger partial charge in [-0.2, -0.15) is 5.10 Å². The molecule has 0 bridgehead atoms. The molecule has 1 aromatic carbocycles. The van der Waals surface area contributed by atoms with Crippen molar-refractivity contribution >= 4 is 11.8 Å². The van der Waals surface area contributed by atoms with Crippen molar-refractivity contribution in [2.24, 2.45) is 5.92 Å². The van der Waals surface area contributed by atoms with Crippen molar-refractivity contribution < 1.29 is 9.59 Å². The SMILES string of the molecule is Cc1ccc(C(=O)NNC(=O)CCc2c(C)nn(CC(C)C)c2C)cc1. The lowest BCUT2D eigenvalue weighted by Gasteiger charge is -2.09. The summed E-state index contributed by atoms with van der Waals surface area (Å²) < 4.78 is 2.01. The van der Waals surface area contributed by atoms with Gasteiger partial charge in [0.2, 0.25) is 5.91 Å². The summed E-state index contributed by atoms with van der Waals surface area (Å²) in [5.41, 5.74) is 9.69. The number of nitrogens with zero attached hydrogens (tertiary/aromatic N) is 2. The summed E-state index contributed by atoms with van der Waals surface area (Å²) in [4.78, 5) is 24.1. The minimum absolute atomic E-state index is 0.221. The average molecular weight is 356 g/mol. The lowest BCUT2D eigenvalue weighted by Crippen LogP contribution is -2.41. The Morgan fingerprint density at radius 3 is 2.35 bits per heavy atom. The van der Waals surface area contributed by atoms with Crippen LogP contribution in [0.25, 0.3) is 0 Å². The highest BCUT2D eigenvalue weighted by Gasteiger charge is 2.14. The zero-order valence-corrected chi connectivity index (χ0v) is 16.2. The second-order valence-electron chi connectivity index (χ2n) is 7.09. The molecular weight excluding hydrogens is 328 g/mol. The summed E-state index contributed by atoms with van der Waals surface area (Å²) in [5, 5.41) is 4.56. The number of hydrogen-bond acceptors (Lipinski definition) is 3. The number of benzene rings is 1. The molecule has 0 unspecified atom stereocenters. The van der Waals surface area contributed by atoms with Gasteiger partial charge in [0.15, 0.2) is 0 Å². The standard InChI is InChI=1S/C20H28N4O2/c1-13(2)12-24-16(5)18(15(4)23-24)10-11-19(25)21-22-20(26)17-8-6-14(3)7-9-17/h6-9,13H,10-12H2,1-5H3,(H,21,25)(H,22,26). The van der Waals surface area contributed by atoms with E-state index >= 15 is 0 Å². The van der Waals surface area contributed by atoms with Crippen LogP contribution in [-0.2, 0) is 17.8 Å². The van der Waals surface area contributed by atoms with Crippen LogP contribution in [0.3, 0.4) is 0 Å². The number of amides is 2. The number of carbonyl (C=O) groups excluding carboxylic acids is 2. The van der Waals surface area contributed by atoms with Crippen molar-refractivity contribution in [2.45, 2.75) is 54.0 Å². The van der Waals surface area contributed by atoms with Crippen LogP contribution in [0.15, 0.2) is 24.3 Å². The van der Waals surface area contributed by atoms with Gasteiger partial charge in [0, 0.05) is 24.2 Å². The molecule has 140 valence electrons. The van der Waals surface area contributed by atoms with E-state index in [1.165, 1.54) is 0 Å². The van der Waals surface area contributed by atoms with Gasteiger partial charge in [0.25, 0.3) is 5.91 Å². The van der Waals surface area contributed by atoms with Crippen LogP contribution in [0.5, 0.6) is 0 Å². The predicted molar refractivity (Wildman–Crippen MR) is 102 cm³/mol. The number of rotatable bonds is 6. The van der Waals surface area contributed by atoms with Crippen LogP contribution in [-0.4, -0.2) is 21.6 Å². The first-order valence-corrected chi connectivity index (χ1v) is 8.96. The molecule has 1 heterocycles. The van der Waals surface area contributed by atoms with E-state index < -0.39 is 0 Å². The summed E-state index contributed by atoms with van der Waals surface area (Å²) in [7, 11) is 0. The molecule has 2 N–H and O–H groups in total. The number of hydrazine groups is 1. The van der Waals surface area contributed by atoms with E-state index in [1.54, 1.807) is 12.1 Å². The van der Waals surface area contributed by atoms with Crippen molar-refractivity contribution in [1.82, 2.24) is 20.6 Å². The van der Waals surface area contributed by atoms with Crippen LogP contribution in [0, 0.1) is 26.7 Å². The number of carbonyl (C=O) groups is 2. The van der Waals surface area contributed by atoms with E-state index in [-0.39, 0.29) is 11.8 Å². The Bertz CT molecular complexity index is 776. The second-order valence-corrected chi connectivity index (χ2v) is 7.09. The number of hydrogen-bond donors (Lipinski definition) is 2. The predicted octanol–water partition coefficient (Wildman–Crippen LogP) is 2.86. The van der Waals surface area contributed by atoms with Gasteiger partial charge in [-0.15, -0.1) is 0 Å². The molecule has 2 rings (SSSR count). The third kappa shape index (κ3) is 5.18. The van der Waals surface area contributed by atoms with E-state index in [0.717, 1.165) is 29.1 Å². The molecule has 6 nitrogen and oxygen atoms in total. The Balaban J connectivity index is 1.86. The third-order valence-corrected chi connectivity index (χ3v) is 4.30. The smallest absolute Gasteiger partial charge is 0.269 e. The zero-order valence-electron chi connectivity index (χ0n) is 16.2. The second kappa shape index (κ2) is 8.65. The van der Waals surface area contributed by atoms with E-state index in [2.05, 4.69) is 29.8 Å². The average Bonchev–Trinajstić information content (AvgIpc) is 2.84. The minimum atomic E-state index is -0.324. The molecule has 0 saturated carbocycles. The molecule has 6 heteroatoms. The number of aromatic nitrogens is 2. The molecule has 0 aliphatic carbocycles. The summed E-state index contributed by atoms with van der Waals surface area (Å²) in [6.07, 6.45) is 0.894. The largest absolute Gasteiger partial charge is 0.273 e. The van der Waals surface area contributed by atoms with Crippen LogP contribution in [0.1, 0.15) is 53.1 Å². The Hall–Kier alpha value is -2.63. The normalized spacial score (nSPS) is 10.8. The fourth-order valence-corrected chi connectivity index (χ4v) is 2.82. The van der Waals surface area contributed by atoms with Crippen LogP contribution >= 0.6 is 0 Å². The van der Waals surface area contributed by atoms with E-state index in [9.17, 15) is 9.59 Å². The Morgan fingerprint density at radius 1 is 1.08 bits per heavy atom. The van der Waals surface area contributed by atoms with Crippen LogP contribution in [0.2, 0.25) is 0 Å². The van der Waals surface area contributed by atoms with Gasteiger partial charge in [-0.3, -0.25) is 25.1 Å². The minimum Gasteiger partial charge on any atom is -0.273 e. The fraction of sp³-hybridized carbons (Fsp3) is 0.450. The molecule has 0 aliphatic rings. The van der Waals surface area contributed by atoms with Crippen molar-refractivity contribution in [3.63, 3.8) is 0 Å². The van der Waals surface area contributed by atoms with E-state index in [1.807, 2.05) is 37.6 Å². The molecule has 0 fully saturated rings. The molecule has 2 aromatic rings. The molecule has 0 aliphatic heterocycles. The summed E-state index contributed by atoms with van der Waals surface area (Å²) in [6, 6.07) is 7.17. The fourth-order valence-electron chi connectivity index (χ4n) is 2.82. The summed E-state index contributed by atoms with van der Waals surface area (Å²) in [5.74, 6) is -0.0301. The number of aryl methyl sites for hydroxylation is 2. The Labute approximate surface area is 155 Å². The lowest BCUT2D eigenvalue weighted by molar-refractivity contribution is -0.121. The van der Waals surface area contributed by atoms with Gasteiger partial charge in [0.05, 0.1) is 5.69 Å². The third-order valence-electron chi connectivity index (χ3n) is 4.30. The summed E-state index contributed by atoms with van der Waals surface area (Å²) in [6.45, 7) is 11.1. The Morgan fingerprint density at radius 2 is 1.73 bits per heavy atom. The van der Waals surface area contributed by atoms with Gasteiger partial charge >= 0.3 is 0 Å². The molecule has 26 heavy (non-hydrogen) atoms. The zero-order chi connectivity index (χ0) is 19.3. The first-order valence-electron chi connectivity index (χ1n) is 8.96. The van der Waals surface area contributed by atoms with Crippen LogP contribution < -0.4 is 10.9 Å². The molecule has 1 aromatic heterocycles. The molecular formula is C20H28N4O2. The molecule has 0 atom stereocenters. The maximum atomic E-state index is 12.1. The van der Waals surface area contributed by atoms with Crippen molar-refractivity contribution in [2.75, 3.05) is 0 Å². The highest BCUT2D eigenvalue weighted by atomic mass is 16.2. The van der Waals surface area contributed by atoms with Gasteiger partial charge in [-0.05, 0) is 50.8 Å². The van der Waals surface area contributed by atoms with Gasteiger partial charge in [-0.1, -0.05) is 31.5 Å². The highest BCUT2D eigenvalue weighted by molar-refractivity contribution is 5.95. The van der Waals surface area contributed by atoms with E-state index in [4.69, 9.17) is 0 Å². The molecule has 0 saturated heterocycles. The highest BCUT2D eigenvalue weighted by Crippen LogP contribution is 2.16. The Kier molecular flexibility index (Phi) is 6.55. The van der Waals surface area contributed by atoms with Crippen molar-refractivity contribution in [3.05, 3.63) is 52.3 Å². The van der Waals surface area contributed by atoms with Crippen LogP contribution in [0.4, 0.5) is 0 Å². The summed E-state index contributed by atoms with van der Waals surface area (Å²) >= 11 is 0. The first kappa shape index (κ1) is 19.7. The molecule has 2 amide bonds. The number of nitrogens with one attached hydrogen (secondary N) is 2. The monoisotopic (exact) mass is 356 g/mol. The van der Waals surface area contributed by atoms with Gasteiger partial charge in [0.1, 0.15) is 0 Å². The quantitative estimate of drug-likeness (QED) is 0.782. The molecule has 0 radical (unpaired) electrons. The topological polar surface area (TPSA) is 76.0 Å². The van der Waals surface area contributed by atoms with Gasteiger partial charge < -0.3 is 0 Å². The van der Waals surface area contributed by atoms with E-state index in [0.29, 0.717) is 24.3 Å². The first-order chi connectivity index (χ1) is 12.3. The van der Waals surface area contributed by atoms with Crippen molar-refractivity contribution in [3.8, 4) is 0 Å². The van der Waals surface area contributed by atoms with Crippen molar-refractivity contribution in [1.29, 1.82) is 0 Å². The maximum absolute atomic E-state index is 12.1. The maximum Gasteiger partial charge on any atom is 0.269 e.